The highest BCUT2D eigenvalue weighted by Gasteiger charge is 2.70. The second-order valence-electron chi connectivity index (χ2n) is 14.2. The summed E-state index contributed by atoms with van der Waals surface area (Å²) in [6.07, 6.45) is 16.4. The molecule has 0 aromatic rings. The summed E-state index contributed by atoms with van der Waals surface area (Å²) in [5, 5.41) is 10.5. The largest absolute Gasteiger partial charge is 0.479 e. The van der Waals surface area contributed by atoms with Crippen molar-refractivity contribution in [2.45, 2.75) is 105 Å². The number of Topliss-reactive ketones (excluding diaryl/α,β-unsaturated/α-hetero) is 1. The van der Waals surface area contributed by atoms with Crippen LogP contribution in [0.4, 0.5) is 0 Å². The van der Waals surface area contributed by atoms with Gasteiger partial charge in [-0.2, -0.15) is 0 Å². The predicted octanol–water partition coefficient (Wildman–Crippen LogP) is 6.06. The molecule has 4 fully saturated rings. The van der Waals surface area contributed by atoms with E-state index in [1.165, 1.54) is 0 Å². The van der Waals surface area contributed by atoms with Crippen LogP contribution in [-0.2, 0) is 9.59 Å². The Hall–Kier alpha value is -1.76. The molecule has 4 heteroatoms. The van der Waals surface area contributed by atoms with E-state index in [1.54, 1.807) is 0 Å². The molecule has 186 valence electrons. The monoisotopic (exact) mass is 465 g/mol. The van der Waals surface area contributed by atoms with Gasteiger partial charge in [0, 0.05) is 24.1 Å². The lowest BCUT2D eigenvalue weighted by Gasteiger charge is -2.70. The number of fused-ring (bicyclic) bond motifs is 7. The number of terminal acetylenes is 1. The molecule has 34 heavy (non-hydrogen) atoms. The van der Waals surface area contributed by atoms with Crippen LogP contribution in [0.25, 0.3) is 0 Å². The summed E-state index contributed by atoms with van der Waals surface area (Å²) in [4.78, 5) is 27.9. The average Bonchev–Trinajstić information content (AvgIpc) is 2.75. The maximum atomic E-state index is 12.9. The average molecular weight is 466 g/mol. The summed E-state index contributed by atoms with van der Waals surface area (Å²) >= 11 is 0. The fourth-order valence-corrected chi connectivity index (χ4v) is 9.79. The quantitative estimate of drug-likeness (QED) is 0.478. The van der Waals surface area contributed by atoms with Crippen molar-refractivity contribution in [3.63, 3.8) is 0 Å². The Morgan fingerprint density at radius 1 is 1.03 bits per heavy atom. The molecule has 6 atom stereocenters. The number of hydrogen-bond acceptors (Lipinski definition) is 3. The third kappa shape index (κ3) is 2.68. The Labute approximate surface area is 205 Å². The Bertz CT molecular complexity index is 1020. The van der Waals surface area contributed by atoms with Gasteiger partial charge in [0.05, 0.1) is 5.41 Å². The number of carboxylic acids is 1. The van der Waals surface area contributed by atoms with Gasteiger partial charge in [-0.25, -0.2) is 4.79 Å². The van der Waals surface area contributed by atoms with E-state index in [-0.39, 0.29) is 21.7 Å². The van der Waals surface area contributed by atoms with Crippen molar-refractivity contribution in [1.82, 2.24) is 4.90 Å². The summed E-state index contributed by atoms with van der Waals surface area (Å²) in [5.74, 6) is 3.85. The lowest BCUT2D eigenvalue weighted by molar-refractivity contribution is -0.187. The first-order chi connectivity index (χ1) is 15.7. The Morgan fingerprint density at radius 2 is 1.71 bits per heavy atom. The number of allylic oxidation sites excluding steroid dienone is 2. The van der Waals surface area contributed by atoms with Crippen molar-refractivity contribution in [2.75, 3.05) is 6.54 Å². The highest BCUT2D eigenvalue weighted by atomic mass is 16.4. The first-order valence-corrected chi connectivity index (χ1v) is 13.4. The summed E-state index contributed by atoms with van der Waals surface area (Å²) in [6, 6.07) is 0. The molecule has 0 unspecified atom stereocenters. The van der Waals surface area contributed by atoms with E-state index in [2.05, 4.69) is 58.4 Å². The van der Waals surface area contributed by atoms with Crippen molar-refractivity contribution in [3.05, 3.63) is 11.8 Å². The standard InChI is InChI=1S/C30H43NO3/c1-8-29-16-18-30(24(33)34)17-15-25(2,3)19-31(30)22(29)10-9-21-27(6)13-12-23(32)26(4,5)20(27)11-14-28(21,29)7/h1,10,20-21H,9,11-19H2,2-7H3,(H,33,34)/t20-,21+,27-,28+,29+,30+/m0/s1. The molecule has 5 rings (SSSR count). The fourth-order valence-electron chi connectivity index (χ4n) is 9.79. The van der Waals surface area contributed by atoms with Crippen LogP contribution in [0, 0.1) is 51.3 Å². The van der Waals surface area contributed by atoms with E-state index < -0.39 is 16.9 Å². The van der Waals surface area contributed by atoms with E-state index in [4.69, 9.17) is 6.42 Å². The first-order valence-electron chi connectivity index (χ1n) is 13.4. The van der Waals surface area contributed by atoms with Crippen LogP contribution in [0.1, 0.15) is 99.3 Å². The summed E-state index contributed by atoms with van der Waals surface area (Å²) in [6.45, 7) is 14.4. The molecule has 0 spiro atoms. The molecule has 2 heterocycles. The molecule has 0 aromatic carbocycles. The van der Waals surface area contributed by atoms with E-state index in [0.29, 0.717) is 36.9 Å². The number of carboxylic acid groups (broad SMARTS) is 1. The van der Waals surface area contributed by atoms with Gasteiger partial charge in [0.25, 0.3) is 0 Å². The molecule has 4 nitrogen and oxygen atoms in total. The Balaban J connectivity index is 1.64. The Morgan fingerprint density at radius 3 is 2.35 bits per heavy atom. The molecule has 0 amide bonds. The van der Waals surface area contributed by atoms with Crippen molar-refractivity contribution < 1.29 is 14.7 Å². The van der Waals surface area contributed by atoms with Crippen LogP contribution in [-0.4, -0.2) is 33.8 Å². The lowest BCUT2D eigenvalue weighted by Crippen LogP contribution is -2.70. The summed E-state index contributed by atoms with van der Waals surface area (Å²) < 4.78 is 0. The van der Waals surface area contributed by atoms with Gasteiger partial charge < -0.3 is 10.0 Å². The predicted molar refractivity (Wildman–Crippen MR) is 134 cm³/mol. The third-order valence-corrected chi connectivity index (χ3v) is 11.9. The number of carbonyl (C=O) groups excluding carboxylic acids is 1. The van der Waals surface area contributed by atoms with Crippen LogP contribution < -0.4 is 0 Å². The number of nitrogens with zero attached hydrogens (tertiary/aromatic N) is 1. The molecule has 3 aliphatic carbocycles. The van der Waals surface area contributed by atoms with E-state index in [1.807, 2.05) is 0 Å². The van der Waals surface area contributed by atoms with Gasteiger partial charge in [0.2, 0.25) is 0 Å². The zero-order valence-electron chi connectivity index (χ0n) is 22.1. The highest BCUT2D eigenvalue weighted by molar-refractivity contribution is 5.85. The van der Waals surface area contributed by atoms with E-state index in [0.717, 1.165) is 50.8 Å². The van der Waals surface area contributed by atoms with Crippen molar-refractivity contribution in [3.8, 4) is 12.3 Å². The molecular weight excluding hydrogens is 422 g/mol. The van der Waals surface area contributed by atoms with Gasteiger partial charge in [-0.15, -0.1) is 6.42 Å². The van der Waals surface area contributed by atoms with E-state index in [9.17, 15) is 14.7 Å². The zero-order chi connectivity index (χ0) is 24.9. The topological polar surface area (TPSA) is 57.6 Å². The second kappa shape index (κ2) is 6.92. The third-order valence-electron chi connectivity index (χ3n) is 11.9. The number of piperidine rings is 2. The van der Waals surface area contributed by atoms with Gasteiger partial charge in [-0.05, 0) is 79.4 Å². The fraction of sp³-hybridized carbons (Fsp3) is 0.800. The number of rotatable bonds is 1. The highest BCUT2D eigenvalue weighted by Crippen LogP contribution is 2.73. The van der Waals surface area contributed by atoms with Gasteiger partial charge >= 0.3 is 5.97 Å². The second-order valence-corrected chi connectivity index (χ2v) is 14.2. The zero-order valence-corrected chi connectivity index (χ0v) is 22.1. The Kier molecular flexibility index (Phi) is 4.88. The molecule has 5 aliphatic rings. The van der Waals surface area contributed by atoms with Crippen LogP contribution >= 0.6 is 0 Å². The molecule has 2 saturated heterocycles. The van der Waals surface area contributed by atoms with Crippen LogP contribution in [0.5, 0.6) is 0 Å². The maximum absolute atomic E-state index is 12.9. The molecule has 0 bridgehead atoms. The SMILES string of the molecule is C#C[C@@]12CC[C@@]3(C(=O)O)CCC(C)(C)CN3C1=CC[C@@H]1[C@@]3(C)CCC(=O)C(C)(C)[C@@H]3CC[C@]12C. The molecule has 2 saturated carbocycles. The van der Waals surface area contributed by atoms with Crippen molar-refractivity contribution >= 4 is 11.8 Å². The molecule has 1 N–H and O–H groups in total. The lowest BCUT2D eigenvalue weighted by atomic mass is 9.36. The number of aliphatic carboxylic acids is 1. The molecular formula is C30H43NO3. The minimum absolute atomic E-state index is 0.0621. The molecule has 0 aromatic heterocycles. The first kappa shape index (κ1) is 24.0. The molecule has 0 radical (unpaired) electrons. The molecule has 2 aliphatic heterocycles. The maximum Gasteiger partial charge on any atom is 0.329 e. The summed E-state index contributed by atoms with van der Waals surface area (Å²) in [5.41, 5.74) is -0.398. The summed E-state index contributed by atoms with van der Waals surface area (Å²) in [7, 11) is 0. The van der Waals surface area contributed by atoms with Gasteiger partial charge in [-0.3, -0.25) is 4.79 Å². The normalized spacial score (nSPS) is 46.7. The van der Waals surface area contributed by atoms with Crippen molar-refractivity contribution in [1.29, 1.82) is 0 Å². The van der Waals surface area contributed by atoms with Crippen LogP contribution in [0.2, 0.25) is 0 Å². The number of carbonyl (C=O) groups is 2. The minimum Gasteiger partial charge on any atom is -0.479 e. The van der Waals surface area contributed by atoms with Gasteiger partial charge in [0.15, 0.2) is 0 Å². The van der Waals surface area contributed by atoms with E-state index >= 15 is 0 Å². The van der Waals surface area contributed by atoms with Crippen LogP contribution in [0.3, 0.4) is 0 Å². The van der Waals surface area contributed by atoms with Gasteiger partial charge in [-0.1, -0.05) is 53.5 Å². The number of hydrogen-bond donors (Lipinski definition) is 1. The minimum atomic E-state index is -0.828. The number of ketones is 1. The van der Waals surface area contributed by atoms with Crippen LogP contribution in [0.15, 0.2) is 11.8 Å². The smallest absolute Gasteiger partial charge is 0.329 e. The van der Waals surface area contributed by atoms with Gasteiger partial charge in [0.1, 0.15) is 11.3 Å². The van der Waals surface area contributed by atoms with Crippen molar-refractivity contribution in [2.24, 2.45) is 38.9 Å².